The number of hydrogen-bond donors (Lipinski definition) is 1. The van der Waals surface area contributed by atoms with Crippen molar-refractivity contribution in [1.29, 1.82) is 0 Å². The van der Waals surface area contributed by atoms with E-state index in [1.165, 1.54) is 10.8 Å². The number of aromatic nitrogens is 2. The van der Waals surface area contributed by atoms with Crippen LogP contribution in [0.4, 0.5) is 0 Å². The third-order valence-corrected chi connectivity index (χ3v) is 11.4. The third kappa shape index (κ3) is 5.19. The number of rotatable bonds is 7. The maximum absolute atomic E-state index is 12.4. The molecule has 35 heavy (non-hydrogen) atoms. The summed E-state index contributed by atoms with van der Waals surface area (Å²) in [6.45, 7) is 6.99. The van der Waals surface area contributed by atoms with Crippen LogP contribution in [0.25, 0.3) is 6.08 Å². The van der Waals surface area contributed by atoms with Gasteiger partial charge in [0.25, 0.3) is 13.9 Å². The van der Waals surface area contributed by atoms with E-state index in [1.807, 2.05) is 36.4 Å². The predicted octanol–water partition coefficient (Wildman–Crippen LogP) is 3.35. The first-order chi connectivity index (χ1) is 16.8. The van der Waals surface area contributed by atoms with E-state index < -0.39 is 32.1 Å². The molecule has 7 nitrogen and oxygen atoms in total. The van der Waals surface area contributed by atoms with Crippen molar-refractivity contribution in [1.82, 2.24) is 9.55 Å². The van der Waals surface area contributed by atoms with Crippen LogP contribution in [-0.2, 0) is 13.9 Å². The van der Waals surface area contributed by atoms with Crippen LogP contribution < -0.4 is 21.6 Å². The highest BCUT2D eigenvalue weighted by Crippen LogP contribution is 2.37. The van der Waals surface area contributed by atoms with Crippen molar-refractivity contribution < 1.29 is 13.9 Å². The Balaban J connectivity index is 1.61. The van der Waals surface area contributed by atoms with Crippen LogP contribution in [0.1, 0.15) is 32.6 Å². The number of hydrogen-bond acceptors (Lipinski definition) is 5. The number of halogens is 1. The van der Waals surface area contributed by atoms with Gasteiger partial charge in [0.15, 0.2) is 12.5 Å². The van der Waals surface area contributed by atoms with E-state index >= 15 is 0 Å². The predicted molar refractivity (Wildman–Crippen MR) is 143 cm³/mol. The highest BCUT2D eigenvalue weighted by Gasteiger charge is 2.50. The van der Waals surface area contributed by atoms with Crippen LogP contribution in [0.5, 0.6) is 0 Å². The van der Waals surface area contributed by atoms with Crippen LogP contribution in [0.2, 0.25) is 5.04 Å². The number of nitrogens with zero attached hydrogens (tertiary/aromatic N) is 1. The molecule has 1 N–H and O–H groups in total. The van der Waals surface area contributed by atoms with Gasteiger partial charge in [-0.15, -0.1) is 0 Å². The smallest absolute Gasteiger partial charge is 0.330 e. The van der Waals surface area contributed by atoms with Crippen LogP contribution in [0.15, 0.2) is 81.4 Å². The van der Waals surface area contributed by atoms with Gasteiger partial charge in [0.1, 0.15) is 0 Å². The molecule has 9 heteroatoms. The van der Waals surface area contributed by atoms with E-state index in [0.29, 0.717) is 5.56 Å². The molecule has 184 valence electrons. The zero-order valence-corrected chi connectivity index (χ0v) is 22.5. The highest BCUT2D eigenvalue weighted by atomic mass is 79.9. The molecule has 1 fully saturated rings. The SMILES string of the molecule is CC(C)(C)[Si](OC[C@@H]1OC[C@H](n2cc(C=CBr)c(=O)[nH]c2=O)O1)(c1ccccc1)c1ccccc1. The Kier molecular flexibility index (Phi) is 7.73. The molecule has 0 saturated carbocycles. The maximum atomic E-state index is 12.4. The second-order valence-corrected chi connectivity index (χ2v) is 14.2. The zero-order valence-electron chi connectivity index (χ0n) is 19.9. The van der Waals surface area contributed by atoms with Crippen molar-refractivity contribution in [3.63, 3.8) is 0 Å². The van der Waals surface area contributed by atoms with Gasteiger partial charge in [0.2, 0.25) is 0 Å². The fourth-order valence-corrected chi connectivity index (χ4v) is 9.36. The molecule has 0 aliphatic carbocycles. The van der Waals surface area contributed by atoms with Gasteiger partial charge in [-0.1, -0.05) is 97.4 Å². The summed E-state index contributed by atoms with van der Waals surface area (Å²) in [6, 6.07) is 20.7. The van der Waals surface area contributed by atoms with Crippen LogP contribution in [-0.4, -0.2) is 37.4 Å². The largest absolute Gasteiger partial charge is 0.402 e. The summed E-state index contributed by atoms with van der Waals surface area (Å²) in [5, 5.41) is 2.15. The molecule has 0 spiro atoms. The topological polar surface area (TPSA) is 82.5 Å². The third-order valence-electron chi connectivity index (χ3n) is 6.13. The van der Waals surface area contributed by atoms with Crippen LogP contribution in [0, 0.1) is 0 Å². The number of ether oxygens (including phenoxy) is 2. The first-order valence-corrected chi connectivity index (χ1v) is 14.2. The van der Waals surface area contributed by atoms with E-state index in [2.05, 4.69) is 66.0 Å². The fourth-order valence-electron chi connectivity index (χ4n) is 4.53. The minimum atomic E-state index is -2.75. The average Bonchev–Trinajstić information content (AvgIpc) is 3.30. The fraction of sp³-hybridized carbons (Fsp3) is 0.308. The second-order valence-electron chi connectivity index (χ2n) is 9.37. The van der Waals surface area contributed by atoms with Crippen molar-refractivity contribution >= 4 is 40.7 Å². The summed E-state index contributed by atoms with van der Waals surface area (Å²) in [5.41, 5.74) is -0.687. The molecular formula is C26H29BrN2O5Si. The van der Waals surface area contributed by atoms with Gasteiger partial charge in [-0.05, 0) is 26.5 Å². The Morgan fingerprint density at radius 3 is 2.23 bits per heavy atom. The van der Waals surface area contributed by atoms with Crippen LogP contribution >= 0.6 is 15.9 Å². The Hall–Kier alpha value is -2.56. The zero-order chi connectivity index (χ0) is 25.1. The van der Waals surface area contributed by atoms with E-state index in [0.717, 1.165) is 10.4 Å². The molecule has 3 aromatic rings. The lowest BCUT2D eigenvalue weighted by Gasteiger charge is -2.43. The van der Waals surface area contributed by atoms with Gasteiger partial charge >= 0.3 is 5.69 Å². The van der Waals surface area contributed by atoms with Crippen molar-refractivity contribution in [2.45, 2.75) is 38.3 Å². The van der Waals surface area contributed by atoms with Crippen molar-refractivity contribution in [3.05, 3.63) is 98.2 Å². The molecule has 0 amide bonds. The Morgan fingerprint density at radius 2 is 1.69 bits per heavy atom. The van der Waals surface area contributed by atoms with Crippen molar-refractivity contribution in [3.8, 4) is 0 Å². The van der Waals surface area contributed by atoms with Crippen molar-refractivity contribution in [2.24, 2.45) is 0 Å². The molecule has 1 aliphatic rings. The van der Waals surface area contributed by atoms with Gasteiger partial charge in [0.05, 0.1) is 18.8 Å². The van der Waals surface area contributed by atoms with Gasteiger partial charge < -0.3 is 13.9 Å². The molecular weight excluding hydrogens is 528 g/mol. The molecule has 0 unspecified atom stereocenters. The first-order valence-electron chi connectivity index (χ1n) is 11.4. The lowest BCUT2D eigenvalue weighted by molar-refractivity contribution is -0.0956. The molecule has 1 saturated heterocycles. The summed E-state index contributed by atoms with van der Waals surface area (Å²) in [5.74, 6) is 0. The first kappa shape index (κ1) is 25.5. The minimum absolute atomic E-state index is 0.165. The van der Waals surface area contributed by atoms with Gasteiger partial charge in [-0.3, -0.25) is 14.3 Å². The summed E-state index contributed by atoms with van der Waals surface area (Å²) >= 11 is 3.16. The quantitative estimate of drug-likeness (QED) is 0.451. The normalized spacial score (nSPS) is 18.9. The van der Waals surface area contributed by atoms with Crippen LogP contribution in [0.3, 0.4) is 0 Å². The molecule has 1 aromatic heterocycles. The number of H-pyrrole nitrogens is 1. The molecule has 2 aromatic carbocycles. The number of aromatic amines is 1. The summed E-state index contributed by atoms with van der Waals surface area (Å²) in [6.07, 6.45) is 1.71. The number of nitrogens with one attached hydrogen (secondary N) is 1. The molecule has 1 aliphatic heterocycles. The Labute approximate surface area is 213 Å². The lowest BCUT2D eigenvalue weighted by atomic mass is 10.2. The summed E-state index contributed by atoms with van der Waals surface area (Å²) < 4.78 is 20.2. The van der Waals surface area contributed by atoms with E-state index in [1.54, 1.807) is 11.1 Å². The van der Waals surface area contributed by atoms with Crippen molar-refractivity contribution in [2.75, 3.05) is 13.2 Å². The second kappa shape index (κ2) is 10.6. The Morgan fingerprint density at radius 1 is 1.09 bits per heavy atom. The molecule has 0 bridgehead atoms. The molecule has 2 heterocycles. The highest BCUT2D eigenvalue weighted by molar-refractivity contribution is 9.11. The maximum Gasteiger partial charge on any atom is 0.330 e. The summed E-state index contributed by atoms with van der Waals surface area (Å²) in [4.78, 5) is 28.3. The van der Waals surface area contributed by atoms with E-state index in [-0.39, 0.29) is 18.3 Å². The Bertz CT molecular complexity index is 1250. The lowest BCUT2D eigenvalue weighted by Crippen LogP contribution is -2.67. The van der Waals surface area contributed by atoms with Gasteiger partial charge in [-0.2, -0.15) is 0 Å². The van der Waals surface area contributed by atoms with Gasteiger partial charge in [0, 0.05) is 6.20 Å². The monoisotopic (exact) mass is 556 g/mol. The number of benzene rings is 2. The standard InChI is InChI=1S/C26H29BrN2O5Si/c1-26(2,3)35(20-10-6-4-7-11-20,21-12-8-5-9-13-21)33-18-23-32-17-22(34-23)29-16-19(14-15-27)24(30)28-25(29)31/h4-16,22-23H,17-18H2,1-3H3,(H,28,30,31)/t22-,23-/m1/s1. The molecule has 2 atom stereocenters. The summed E-state index contributed by atoms with van der Waals surface area (Å²) in [7, 11) is -2.75. The minimum Gasteiger partial charge on any atom is -0.402 e. The van der Waals surface area contributed by atoms with Gasteiger partial charge in [-0.25, -0.2) is 4.79 Å². The average molecular weight is 558 g/mol. The van der Waals surface area contributed by atoms with E-state index in [4.69, 9.17) is 13.9 Å². The molecule has 4 rings (SSSR count). The molecule has 0 radical (unpaired) electrons. The van der Waals surface area contributed by atoms with E-state index in [9.17, 15) is 9.59 Å².